The summed E-state index contributed by atoms with van der Waals surface area (Å²) in [4.78, 5) is 11.0. The lowest BCUT2D eigenvalue weighted by atomic mass is 10.2. The van der Waals surface area contributed by atoms with Gasteiger partial charge in [-0.05, 0) is 19.1 Å². The molecule has 78 valence electrons. The fourth-order valence-corrected chi connectivity index (χ4v) is 1.05. The van der Waals surface area contributed by atoms with E-state index in [1.54, 1.807) is 25.1 Å². The van der Waals surface area contributed by atoms with Crippen LogP contribution >= 0.6 is 0 Å². The van der Waals surface area contributed by atoms with E-state index in [9.17, 15) is 4.79 Å². The number of benzene rings is 1. The van der Waals surface area contributed by atoms with Gasteiger partial charge in [0.25, 0.3) is 0 Å². The van der Waals surface area contributed by atoms with Crippen LogP contribution in [0.1, 0.15) is 12.5 Å². The topological polar surface area (TPSA) is 35.5 Å². The lowest BCUT2D eigenvalue weighted by Gasteiger charge is -2.07. The van der Waals surface area contributed by atoms with Gasteiger partial charge in [0.2, 0.25) is 0 Å². The zero-order valence-corrected chi connectivity index (χ0v) is 8.53. The molecule has 0 N–H and O–H groups in total. The fourth-order valence-electron chi connectivity index (χ4n) is 1.05. The van der Waals surface area contributed by atoms with Crippen molar-refractivity contribution in [3.05, 3.63) is 29.8 Å². The quantitative estimate of drug-likeness (QED) is 0.552. The lowest BCUT2D eigenvalue weighted by molar-refractivity contribution is -0.145. The van der Waals surface area contributed by atoms with Crippen molar-refractivity contribution in [1.82, 2.24) is 0 Å². The van der Waals surface area contributed by atoms with Crippen LogP contribution in [0.2, 0.25) is 0 Å². The Morgan fingerprint density at radius 1 is 1.47 bits per heavy atom. The first-order valence-electron chi connectivity index (χ1n) is 4.62. The smallest absolute Gasteiger partial charge is 0.344 e. The molecular weight excluding hydrogens is 192 g/mol. The molecule has 1 aromatic rings. The predicted molar refractivity (Wildman–Crippen MR) is 56.5 cm³/mol. The van der Waals surface area contributed by atoms with Crippen molar-refractivity contribution in [1.29, 1.82) is 0 Å². The maximum absolute atomic E-state index is 11.0. The van der Waals surface area contributed by atoms with Crippen molar-refractivity contribution in [2.45, 2.75) is 6.92 Å². The summed E-state index contributed by atoms with van der Waals surface area (Å²) in [6.45, 7) is 1.97. The molecule has 3 nitrogen and oxygen atoms in total. The SMILES string of the molecule is C#Cc1ccccc1OCC(=O)OCC. The second-order valence-electron chi connectivity index (χ2n) is 2.73. The first kappa shape index (κ1) is 11.1. The molecular formula is C12H12O3. The van der Waals surface area contributed by atoms with Gasteiger partial charge in [-0.15, -0.1) is 6.42 Å². The molecule has 0 aliphatic heterocycles. The van der Waals surface area contributed by atoms with Gasteiger partial charge in [0.15, 0.2) is 6.61 Å². The molecule has 0 unspecified atom stereocenters. The number of hydrogen-bond donors (Lipinski definition) is 0. The maximum Gasteiger partial charge on any atom is 0.344 e. The van der Waals surface area contributed by atoms with Crippen LogP contribution in [0.5, 0.6) is 5.75 Å². The van der Waals surface area contributed by atoms with Crippen LogP contribution in [-0.2, 0) is 9.53 Å². The Labute approximate surface area is 89.0 Å². The van der Waals surface area contributed by atoms with Crippen LogP contribution in [-0.4, -0.2) is 19.2 Å². The second kappa shape index (κ2) is 5.71. The molecule has 0 radical (unpaired) electrons. The van der Waals surface area contributed by atoms with E-state index in [1.165, 1.54) is 0 Å². The molecule has 1 rings (SSSR count). The van der Waals surface area contributed by atoms with Gasteiger partial charge in [0.05, 0.1) is 12.2 Å². The minimum absolute atomic E-state index is 0.119. The third-order valence-electron chi connectivity index (χ3n) is 1.69. The summed E-state index contributed by atoms with van der Waals surface area (Å²) in [7, 11) is 0. The molecule has 0 aliphatic carbocycles. The average Bonchev–Trinajstić information content (AvgIpc) is 2.27. The Balaban J connectivity index is 2.58. The van der Waals surface area contributed by atoms with Gasteiger partial charge >= 0.3 is 5.97 Å². The minimum atomic E-state index is -0.399. The van der Waals surface area contributed by atoms with Gasteiger partial charge in [0.1, 0.15) is 5.75 Å². The van der Waals surface area contributed by atoms with Crippen LogP contribution in [0.15, 0.2) is 24.3 Å². The monoisotopic (exact) mass is 204 g/mol. The van der Waals surface area contributed by atoms with Gasteiger partial charge < -0.3 is 9.47 Å². The maximum atomic E-state index is 11.0. The number of para-hydroxylation sites is 1. The van der Waals surface area contributed by atoms with Crippen LogP contribution in [0.3, 0.4) is 0 Å². The number of carbonyl (C=O) groups is 1. The first-order valence-corrected chi connectivity index (χ1v) is 4.62. The normalized spacial score (nSPS) is 9.07. The zero-order valence-electron chi connectivity index (χ0n) is 8.53. The van der Waals surface area contributed by atoms with Crippen molar-refractivity contribution in [3.8, 4) is 18.1 Å². The summed E-state index contributed by atoms with van der Waals surface area (Å²) in [5.41, 5.74) is 0.627. The van der Waals surface area contributed by atoms with E-state index in [-0.39, 0.29) is 6.61 Å². The van der Waals surface area contributed by atoms with Gasteiger partial charge in [-0.3, -0.25) is 0 Å². The Bertz CT molecular complexity index is 377. The number of hydrogen-bond acceptors (Lipinski definition) is 3. The third kappa shape index (κ3) is 3.35. The highest BCUT2D eigenvalue weighted by Crippen LogP contribution is 2.16. The predicted octanol–water partition coefficient (Wildman–Crippen LogP) is 1.61. The van der Waals surface area contributed by atoms with Crippen LogP contribution in [0.4, 0.5) is 0 Å². The van der Waals surface area contributed by atoms with Crippen LogP contribution in [0.25, 0.3) is 0 Å². The van der Waals surface area contributed by atoms with Crippen LogP contribution in [0, 0.1) is 12.3 Å². The molecule has 0 heterocycles. The van der Waals surface area contributed by atoms with Crippen molar-refractivity contribution in [2.24, 2.45) is 0 Å². The van der Waals surface area contributed by atoms with Gasteiger partial charge in [0, 0.05) is 0 Å². The van der Waals surface area contributed by atoms with E-state index in [0.29, 0.717) is 17.9 Å². The summed E-state index contributed by atoms with van der Waals surface area (Å²) in [6.07, 6.45) is 5.27. The van der Waals surface area contributed by atoms with Crippen LogP contribution < -0.4 is 4.74 Å². The lowest BCUT2D eigenvalue weighted by Crippen LogP contribution is -2.14. The van der Waals surface area contributed by atoms with Crippen molar-refractivity contribution >= 4 is 5.97 Å². The zero-order chi connectivity index (χ0) is 11.1. The number of carbonyl (C=O) groups excluding carboxylic acids is 1. The molecule has 0 aromatic heterocycles. The van der Waals surface area contributed by atoms with Crippen molar-refractivity contribution in [3.63, 3.8) is 0 Å². The van der Waals surface area contributed by atoms with Gasteiger partial charge in [-0.1, -0.05) is 18.1 Å². The Kier molecular flexibility index (Phi) is 4.24. The van der Waals surface area contributed by atoms with E-state index >= 15 is 0 Å². The fraction of sp³-hybridized carbons (Fsp3) is 0.250. The standard InChI is InChI=1S/C12H12O3/c1-3-10-7-5-6-8-11(10)15-9-12(13)14-4-2/h1,5-8H,4,9H2,2H3. The van der Waals surface area contributed by atoms with E-state index in [0.717, 1.165) is 0 Å². The Hall–Kier alpha value is -1.95. The molecule has 0 saturated carbocycles. The molecule has 15 heavy (non-hydrogen) atoms. The second-order valence-corrected chi connectivity index (χ2v) is 2.73. The third-order valence-corrected chi connectivity index (χ3v) is 1.69. The average molecular weight is 204 g/mol. The van der Waals surface area contributed by atoms with Gasteiger partial charge in [-0.2, -0.15) is 0 Å². The number of terminal acetylenes is 1. The highest BCUT2D eigenvalue weighted by Gasteiger charge is 2.05. The first-order chi connectivity index (χ1) is 7.27. The molecule has 0 spiro atoms. The van der Waals surface area contributed by atoms with Gasteiger partial charge in [-0.25, -0.2) is 4.79 Å². The minimum Gasteiger partial charge on any atom is -0.481 e. The van der Waals surface area contributed by atoms with E-state index in [4.69, 9.17) is 15.9 Å². The van der Waals surface area contributed by atoms with E-state index in [2.05, 4.69) is 5.92 Å². The Morgan fingerprint density at radius 2 is 2.20 bits per heavy atom. The Morgan fingerprint density at radius 3 is 2.87 bits per heavy atom. The molecule has 0 amide bonds. The summed E-state index contributed by atoms with van der Waals surface area (Å²) in [5, 5.41) is 0. The summed E-state index contributed by atoms with van der Waals surface area (Å²) in [5.74, 6) is 2.60. The highest BCUT2D eigenvalue weighted by atomic mass is 16.6. The van der Waals surface area contributed by atoms with E-state index < -0.39 is 5.97 Å². The molecule has 0 bridgehead atoms. The molecule has 0 atom stereocenters. The summed E-state index contributed by atoms with van der Waals surface area (Å²) < 4.78 is 9.95. The number of esters is 1. The van der Waals surface area contributed by atoms with Crippen molar-refractivity contribution < 1.29 is 14.3 Å². The number of ether oxygens (including phenoxy) is 2. The number of rotatable bonds is 4. The highest BCUT2D eigenvalue weighted by molar-refractivity contribution is 5.71. The summed E-state index contributed by atoms with van der Waals surface area (Å²) >= 11 is 0. The molecule has 0 aliphatic rings. The molecule has 1 aromatic carbocycles. The molecule has 0 fully saturated rings. The largest absolute Gasteiger partial charge is 0.481 e. The van der Waals surface area contributed by atoms with E-state index in [1.807, 2.05) is 6.07 Å². The van der Waals surface area contributed by atoms with Crippen molar-refractivity contribution in [2.75, 3.05) is 13.2 Å². The molecule has 3 heteroatoms. The summed E-state index contributed by atoms with van der Waals surface area (Å²) in [6, 6.07) is 7.07. The molecule has 0 saturated heterocycles.